The molecule has 8 heavy (non-hydrogen) atoms. The zero-order valence-corrected chi connectivity index (χ0v) is 8.81. The van der Waals surface area contributed by atoms with Crippen LogP contribution in [0, 0.1) is 0 Å². The van der Waals surface area contributed by atoms with Gasteiger partial charge in [0.1, 0.15) is 0 Å². The summed E-state index contributed by atoms with van der Waals surface area (Å²) in [6, 6.07) is 1.09. The van der Waals surface area contributed by atoms with Crippen molar-refractivity contribution in [2.24, 2.45) is 0 Å². The van der Waals surface area contributed by atoms with E-state index in [1.807, 2.05) is 0 Å². The second-order valence-electron chi connectivity index (χ2n) is 1.69. The van der Waals surface area contributed by atoms with Gasteiger partial charge in [-0.3, -0.25) is 0 Å². The normalized spacial score (nSPS) is 10.5. The van der Waals surface area contributed by atoms with Crippen LogP contribution in [0.3, 0.4) is 0 Å². The molecular weight excluding hydrogens is 131 g/mol. The van der Waals surface area contributed by atoms with Crippen molar-refractivity contribution < 1.29 is 40.6 Å². The maximum atomic E-state index is 8.83. The fraction of sp³-hybridized carbons (Fsp3) is 1.00. The van der Waals surface area contributed by atoms with Crippen LogP contribution in [0.5, 0.6) is 0 Å². The monoisotopic (exact) mass is 144 g/mol. The molecule has 2 nitrogen and oxygen atoms in total. The smallest absolute Gasteiger partial charge is 1.00 e. The predicted octanol–water partition coefficient (Wildman–Crippen LogP) is -2.43. The van der Waals surface area contributed by atoms with Gasteiger partial charge < -0.3 is 11.0 Å². The molecule has 0 aliphatic carbocycles. The maximum absolute atomic E-state index is 8.83. The molecule has 0 heterocycles. The molecule has 0 radical (unpaired) electrons. The average molecular weight is 144 g/mol. The first-order chi connectivity index (χ1) is 3.12. The van der Waals surface area contributed by atoms with Crippen molar-refractivity contribution >= 4 is 8.56 Å². The van der Waals surface area contributed by atoms with Gasteiger partial charge in [-0.25, -0.2) is 0 Å². The minimum Gasteiger partial charge on any atom is -1.00 e. The van der Waals surface area contributed by atoms with Gasteiger partial charge in [0.05, 0.1) is 0 Å². The number of rotatable bonds is 2. The Morgan fingerprint density at radius 2 is 1.50 bits per heavy atom. The molecular formula is C4H13NaO2Si. The van der Waals surface area contributed by atoms with Crippen molar-refractivity contribution in [3.8, 4) is 0 Å². The van der Waals surface area contributed by atoms with Crippen molar-refractivity contribution in [1.82, 2.24) is 0 Å². The van der Waals surface area contributed by atoms with Crippen LogP contribution in [-0.4, -0.2) is 18.2 Å². The molecule has 0 aromatic rings. The van der Waals surface area contributed by atoms with E-state index >= 15 is 0 Å². The van der Waals surface area contributed by atoms with Crippen LogP contribution in [0.4, 0.5) is 0 Å². The Kier molecular flexibility index (Phi) is 7.37. The minimum atomic E-state index is -2.65. The molecule has 0 fully saturated rings. The number of hydrogen-bond donors (Lipinski definition) is 2. The SMILES string of the molecule is CC[Si](O)(O)CC.[H-].[Na+]. The van der Waals surface area contributed by atoms with Crippen LogP contribution in [0.25, 0.3) is 0 Å². The summed E-state index contributed by atoms with van der Waals surface area (Å²) in [5.41, 5.74) is 0. The molecule has 0 unspecified atom stereocenters. The summed E-state index contributed by atoms with van der Waals surface area (Å²) < 4.78 is 0. The van der Waals surface area contributed by atoms with Gasteiger partial charge in [-0.2, -0.15) is 0 Å². The Morgan fingerprint density at radius 1 is 1.25 bits per heavy atom. The van der Waals surface area contributed by atoms with Crippen LogP contribution >= 0.6 is 0 Å². The summed E-state index contributed by atoms with van der Waals surface area (Å²) in [5.74, 6) is 0. The van der Waals surface area contributed by atoms with Gasteiger partial charge in [0.15, 0.2) is 0 Å². The average Bonchev–Trinajstić information content (AvgIpc) is 1.68. The third kappa shape index (κ3) is 5.28. The fourth-order valence-corrected chi connectivity index (χ4v) is 0.750. The quantitative estimate of drug-likeness (QED) is 0.423. The van der Waals surface area contributed by atoms with Gasteiger partial charge in [-0.15, -0.1) is 0 Å². The van der Waals surface area contributed by atoms with Gasteiger partial charge in [0.25, 0.3) is 0 Å². The third-order valence-electron chi connectivity index (χ3n) is 1.13. The standard InChI is InChI=1S/C4H12O2Si.Na.H/c1-3-7(5,6)4-2;;/h5-6H,3-4H2,1-2H3;;/q;+1;-1. The second kappa shape index (κ2) is 4.96. The molecule has 0 aliphatic heterocycles. The Bertz CT molecular complexity index is 56.5. The zero-order chi connectivity index (χ0) is 5.91. The van der Waals surface area contributed by atoms with Crippen molar-refractivity contribution in [3.05, 3.63) is 0 Å². The summed E-state index contributed by atoms with van der Waals surface area (Å²) in [4.78, 5) is 17.7. The van der Waals surface area contributed by atoms with Crippen molar-refractivity contribution in [2.75, 3.05) is 0 Å². The van der Waals surface area contributed by atoms with Crippen molar-refractivity contribution in [3.63, 3.8) is 0 Å². The molecule has 0 aromatic heterocycles. The molecule has 0 saturated heterocycles. The molecule has 0 aromatic carbocycles. The number of hydrogen-bond acceptors (Lipinski definition) is 2. The molecule has 0 rings (SSSR count). The van der Waals surface area contributed by atoms with Crippen LogP contribution < -0.4 is 29.6 Å². The van der Waals surface area contributed by atoms with E-state index in [0.717, 1.165) is 0 Å². The van der Waals surface area contributed by atoms with Gasteiger partial charge in [0.2, 0.25) is 0 Å². The Balaban J connectivity index is -0.000000180. The topological polar surface area (TPSA) is 40.5 Å². The molecule has 46 valence electrons. The molecule has 0 amide bonds. The van der Waals surface area contributed by atoms with Gasteiger partial charge in [-0.1, -0.05) is 13.8 Å². The van der Waals surface area contributed by atoms with E-state index in [0.29, 0.717) is 12.1 Å². The third-order valence-corrected chi connectivity index (χ3v) is 3.40. The first kappa shape index (κ1) is 11.9. The Hall–Kier alpha value is 1.14. The molecule has 2 N–H and O–H groups in total. The zero-order valence-electron chi connectivity index (χ0n) is 6.81. The first-order valence-corrected chi connectivity index (χ1v) is 4.88. The van der Waals surface area contributed by atoms with E-state index in [1.165, 1.54) is 0 Å². The van der Waals surface area contributed by atoms with Gasteiger partial charge >= 0.3 is 38.1 Å². The second-order valence-corrected chi connectivity index (χ2v) is 5.07. The van der Waals surface area contributed by atoms with E-state index in [4.69, 9.17) is 9.59 Å². The van der Waals surface area contributed by atoms with E-state index in [-0.39, 0.29) is 31.0 Å². The Morgan fingerprint density at radius 3 is 1.50 bits per heavy atom. The molecule has 0 spiro atoms. The van der Waals surface area contributed by atoms with Crippen molar-refractivity contribution in [2.45, 2.75) is 25.9 Å². The summed E-state index contributed by atoms with van der Waals surface area (Å²) in [5, 5.41) is 0. The summed E-state index contributed by atoms with van der Waals surface area (Å²) in [7, 11) is -2.65. The van der Waals surface area contributed by atoms with Crippen LogP contribution in [0.2, 0.25) is 12.1 Å². The largest absolute Gasteiger partial charge is 1.00 e. The predicted molar refractivity (Wildman–Crippen MR) is 32.3 cm³/mol. The maximum Gasteiger partial charge on any atom is 1.00 e. The molecule has 0 bridgehead atoms. The Labute approximate surface area is 74.9 Å². The summed E-state index contributed by atoms with van der Waals surface area (Å²) in [6.45, 7) is 3.60. The fourth-order valence-electron chi connectivity index (χ4n) is 0.250. The molecule has 4 heteroatoms. The van der Waals surface area contributed by atoms with E-state index in [2.05, 4.69) is 0 Å². The minimum absolute atomic E-state index is 0. The van der Waals surface area contributed by atoms with Gasteiger partial charge in [-0.05, 0) is 12.1 Å². The molecule has 0 atom stereocenters. The van der Waals surface area contributed by atoms with Gasteiger partial charge in [0, 0.05) is 0 Å². The van der Waals surface area contributed by atoms with E-state index in [1.54, 1.807) is 13.8 Å². The summed E-state index contributed by atoms with van der Waals surface area (Å²) >= 11 is 0. The van der Waals surface area contributed by atoms with Crippen LogP contribution in [-0.2, 0) is 0 Å². The van der Waals surface area contributed by atoms with Crippen molar-refractivity contribution in [1.29, 1.82) is 0 Å². The first-order valence-electron chi connectivity index (χ1n) is 2.57. The van der Waals surface area contributed by atoms with Crippen LogP contribution in [0.1, 0.15) is 15.3 Å². The molecule has 0 saturated carbocycles. The molecule has 0 aliphatic rings. The van der Waals surface area contributed by atoms with E-state index < -0.39 is 8.56 Å². The van der Waals surface area contributed by atoms with Crippen LogP contribution in [0.15, 0.2) is 0 Å². The van der Waals surface area contributed by atoms with E-state index in [9.17, 15) is 0 Å². The summed E-state index contributed by atoms with van der Waals surface area (Å²) in [6.07, 6.45) is 0.